The van der Waals surface area contributed by atoms with Gasteiger partial charge in [0.2, 0.25) is 17.7 Å². The van der Waals surface area contributed by atoms with Crippen LogP contribution in [0.2, 0.25) is 0 Å². The molecule has 2 aliphatic heterocycles. The van der Waals surface area contributed by atoms with Gasteiger partial charge in [-0.15, -0.1) is 0 Å². The summed E-state index contributed by atoms with van der Waals surface area (Å²) in [6.07, 6.45) is 26.1. The summed E-state index contributed by atoms with van der Waals surface area (Å²) in [5.41, 5.74) is 2.27. The zero-order valence-electron chi connectivity index (χ0n) is 30.8. The van der Waals surface area contributed by atoms with E-state index in [1.54, 1.807) is 0 Å². The van der Waals surface area contributed by atoms with E-state index in [2.05, 4.69) is 101 Å². The van der Waals surface area contributed by atoms with E-state index in [-0.39, 0.29) is 11.8 Å². The van der Waals surface area contributed by atoms with Gasteiger partial charge in [0.05, 0.1) is 6.61 Å². The highest BCUT2D eigenvalue weighted by atomic mass is 16.5. The van der Waals surface area contributed by atoms with Crippen molar-refractivity contribution in [1.29, 1.82) is 0 Å². The molecule has 1 saturated heterocycles. The fourth-order valence-electron chi connectivity index (χ4n) is 6.98. The number of piperazine rings is 1. The number of rotatable bonds is 20. The molecule has 0 saturated carbocycles. The third-order valence-corrected chi connectivity index (χ3v) is 9.89. The number of hydrogen-bond acceptors (Lipinski definition) is 6. The minimum atomic E-state index is -0.156. The molecule has 0 radical (unpaired) electrons. The zero-order valence-corrected chi connectivity index (χ0v) is 30.8. The minimum absolute atomic E-state index is 0.146. The molecule has 272 valence electrons. The van der Waals surface area contributed by atoms with Crippen LogP contribution in [0.1, 0.15) is 96.0 Å². The van der Waals surface area contributed by atoms with Crippen LogP contribution in [-0.2, 0) is 16.0 Å². The Bertz CT molecular complexity index is 1620. The van der Waals surface area contributed by atoms with Gasteiger partial charge in [0.15, 0.2) is 0 Å². The highest BCUT2D eigenvalue weighted by Crippen LogP contribution is 2.30. The molecular formula is C44H58N4O3. The summed E-state index contributed by atoms with van der Waals surface area (Å²) < 4.78 is 6.03. The van der Waals surface area contributed by atoms with Crippen LogP contribution in [0.3, 0.4) is 0 Å². The molecule has 0 N–H and O–H groups in total. The van der Waals surface area contributed by atoms with E-state index in [0.717, 1.165) is 102 Å². The Kier molecular flexibility index (Phi) is 15.8. The first-order valence-electron chi connectivity index (χ1n) is 19.5. The molecule has 5 rings (SSSR count). The van der Waals surface area contributed by atoms with Crippen LogP contribution >= 0.6 is 0 Å². The number of unbranched alkanes of at least 4 members (excludes halogenated alkanes) is 6. The molecule has 3 aromatic rings. The Morgan fingerprint density at radius 3 is 2.35 bits per heavy atom. The Labute approximate surface area is 306 Å². The molecule has 51 heavy (non-hydrogen) atoms. The lowest BCUT2D eigenvalue weighted by Gasteiger charge is -2.36. The van der Waals surface area contributed by atoms with Crippen molar-refractivity contribution in [3.63, 3.8) is 0 Å². The van der Waals surface area contributed by atoms with Crippen molar-refractivity contribution >= 4 is 34.1 Å². The highest BCUT2D eigenvalue weighted by molar-refractivity contribution is 6.15. The number of pyridine rings is 1. The molecule has 1 fully saturated rings. The Balaban J connectivity index is 0.960. The number of nitrogens with zero attached hydrogens (tertiary/aromatic N) is 4. The predicted octanol–water partition coefficient (Wildman–Crippen LogP) is 9.61. The molecule has 2 aliphatic rings. The van der Waals surface area contributed by atoms with Gasteiger partial charge in [0, 0.05) is 56.2 Å². The maximum atomic E-state index is 13.2. The molecule has 2 amide bonds. The molecule has 3 heterocycles. The number of allylic oxidation sites excluding steroid dienone is 6. The van der Waals surface area contributed by atoms with Gasteiger partial charge in [0.1, 0.15) is 5.82 Å². The van der Waals surface area contributed by atoms with Crippen LogP contribution < -0.4 is 14.5 Å². The van der Waals surface area contributed by atoms with Crippen molar-refractivity contribution < 1.29 is 14.3 Å². The third kappa shape index (κ3) is 11.9. The van der Waals surface area contributed by atoms with Crippen LogP contribution in [0.4, 0.5) is 11.5 Å². The summed E-state index contributed by atoms with van der Waals surface area (Å²) in [7, 11) is 0. The lowest BCUT2D eigenvalue weighted by molar-refractivity contribution is -0.127. The smallest absolute Gasteiger partial charge is 0.235 e. The number of carbonyl (C=O) groups is 2. The van der Waals surface area contributed by atoms with Crippen LogP contribution in [-0.4, -0.2) is 61.0 Å². The number of carbonyl (C=O) groups excluding carboxylic acids is 2. The standard InChI is InChI=1S/C44H58N4O3/c1-2-3-4-5-6-7-8-9-10-11-12-13-14-15-16-26-42(49)48-43(50)30-28-38-27-29-41(45-44(38)48)51-36-20-19-31-46-32-34-47(35-33-46)40-25-21-23-37-22-17-18-24-39(37)40/h3-4,6-7,9-10,17-18,21-25,27,29H,2,5,8,11-16,19-20,26,28,30-36H2,1H3. The maximum Gasteiger partial charge on any atom is 0.235 e. The van der Waals surface area contributed by atoms with Gasteiger partial charge in [-0.1, -0.05) is 99.0 Å². The van der Waals surface area contributed by atoms with Gasteiger partial charge in [-0.05, 0) is 87.4 Å². The quantitative estimate of drug-likeness (QED) is 0.0869. The average Bonchev–Trinajstić information content (AvgIpc) is 3.16. The number of benzene rings is 2. The number of hydrogen-bond donors (Lipinski definition) is 0. The second kappa shape index (κ2) is 21.2. The summed E-state index contributed by atoms with van der Waals surface area (Å²) in [6.45, 7) is 7.95. The number of aromatic nitrogens is 1. The lowest BCUT2D eigenvalue weighted by atomic mass is 10.0. The minimum Gasteiger partial charge on any atom is -0.478 e. The van der Waals surface area contributed by atoms with Gasteiger partial charge >= 0.3 is 0 Å². The number of amides is 2. The van der Waals surface area contributed by atoms with Crippen molar-refractivity contribution in [3.05, 3.63) is 96.6 Å². The summed E-state index contributed by atoms with van der Waals surface area (Å²) in [6, 6.07) is 19.1. The van der Waals surface area contributed by atoms with E-state index in [4.69, 9.17) is 4.74 Å². The predicted molar refractivity (Wildman–Crippen MR) is 212 cm³/mol. The largest absolute Gasteiger partial charge is 0.478 e. The first kappa shape index (κ1) is 38.0. The van der Waals surface area contributed by atoms with E-state index in [1.807, 2.05) is 12.1 Å². The van der Waals surface area contributed by atoms with Crippen molar-refractivity contribution in [2.45, 2.75) is 96.8 Å². The number of anilines is 2. The topological polar surface area (TPSA) is 66.0 Å². The summed E-state index contributed by atoms with van der Waals surface area (Å²) in [4.78, 5) is 37.1. The highest BCUT2D eigenvalue weighted by Gasteiger charge is 2.31. The van der Waals surface area contributed by atoms with Crippen LogP contribution in [0.25, 0.3) is 10.8 Å². The first-order valence-corrected chi connectivity index (χ1v) is 19.5. The van der Waals surface area contributed by atoms with Crippen LogP contribution in [0.15, 0.2) is 91.1 Å². The summed E-state index contributed by atoms with van der Waals surface area (Å²) >= 11 is 0. The van der Waals surface area contributed by atoms with Crippen molar-refractivity contribution in [3.8, 4) is 5.88 Å². The fourth-order valence-corrected chi connectivity index (χ4v) is 6.98. The molecule has 0 atom stereocenters. The van der Waals surface area contributed by atoms with Crippen LogP contribution in [0, 0.1) is 0 Å². The number of fused-ring (bicyclic) bond motifs is 2. The van der Waals surface area contributed by atoms with Crippen LogP contribution in [0.5, 0.6) is 5.88 Å². The molecule has 7 heteroatoms. The summed E-state index contributed by atoms with van der Waals surface area (Å²) in [5.74, 6) is 0.653. The van der Waals surface area contributed by atoms with Gasteiger partial charge < -0.3 is 9.64 Å². The van der Waals surface area contributed by atoms with Gasteiger partial charge in [-0.3, -0.25) is 14.5 Å². The fraction of sp³-hybridized carbons (Fsp3) is 0.477. The van der Waals surface area contributed by atoms with E-state index in [9.17, 15) is 9.59 Å². The maximum absolute atomic E-state index is 13.2. The Morgan fingerprint density at radius 1 is 0.765 bits per heavy atom. The molecule has 2 aromatic carbocycles. The normalized spacial score (nSPS) is 15.5. The van der Waals surface area contributed by atoms with Crippen molar-refractivity contribution in [1.82, 2.24) is 9.88 Å². The van der Waals surface area contributed by atoms with E-state index in [1.165, 1.54) is 27.8 Å². The average molecular weight is 691 g/mol. The molecule has 0 unspecified atom stereocenters. The Hall–Kier alpha value is -4.23. The number of imide groups is 1. The van der Waals surface area contributed by atoms with Crippen molar-refractivity contribution in [2.24, 2.45) is 0 Å². The molecule has 0 spiro atoms. The van der Waals surface area contributed by atoms with Gasteiger partial charge in [-0.25, -0.2) is 4.90 Å². The summed E-state index contributed by atoms with van der Waals surface area (Å²) in [5, 5.41) is 2.62. The third-order valence-electron chi connectivity index (χ3n) is 9.89. The number of ether oxygens (including phenoxy) is 1. The second-order valence-electron chi connectivity index (χ2n) is 13.7. The van der Waals surface area contributed by atoms with Gasteiger partial charge in [-0.2, -0.15) is 4.98 Å². The molecular weight excluding hydrogens is 633 g/mol. The molecule has 0 bridgehead atoms. The van der Waals surface area contributed by atoms with E-state index in [0.29, 0.717) is 37.6 Å². The Morgan fingerprint density at radius 2 is 1.51 bits per heavy atom. The van der Waals surface area contributed by atoms with E-state index < -0.39 is 0 Å². The SMILES string of the molecule is CCC=CCC=CCC=CCCCCCCCC(=O)N1C(=O)CCc2ccc(OCCCCN3CCN(c4cccc5ccccc45)CC3)nc21. The lowest BCUT2D eigenvalue weighted by Crippen LogP contribution is -2.46. The zero-order chi connectivity index (χ0) is 35.5. The first-order chi connectivity index (χ1) is 25.1. The van der Waals surface area contributed by atoms with Crippen molar-refractivity contribution in [2.75, 3.05) is 49.1 Å². The van der Waals surface area contributed by atoms with Gasteiger partial charge in [0.25, 0.3) is 0 Å². The monoisotopic (exact) mass is 690 g/mol. The number of aryl methyl sites for hydroxylation is 1. The molecule has 1 aromatic heterocycles. The second-order valence-corrected chi connectivity index (χ2v) is 13.7. The van der Waals surface area contributed by atoms with E-state index >= 15 is 0 Å². The molecule has 0 aliphatic carbocycles. The molecule has 7 nitrogen and oxygen atoms in total.